The van der Waals surface area contributed by atoms with Crippen LogP contribution in [0.15, 0.2) is 16.8 Å². The third-order valence-electron chi connectivity index (χ3n) is 2.00. The molecule has 0 radical (unpaired) electrons. The molecule has 0 N–H and O–H groups in total. The summed E-state index contributed by atoms with van der Waals surface area (Å²) in [5, 5.41) is 4.23. The Balaban J connectivity index is 2.53. The first kappa shape index (κ1) is 13.6. The highest BCUT2D eigenvalue weighted by molar-refractivity contribution is 9.09. The largest absolute Gasteiger partial charge is 0.336 e. The first-order valence-electron chi connectivity index (χ1n) is 4.76. The van der Waals surface area contributed by atoms with Crippen LogP contribution >= 0.6 is 27.3 Å². The van der Waals surface area contributed by atoms with Gasteiger partial charge in [-0.15, -0.1) is 0 Å². The van der Waals surface area contributed by atoms with Gasteiger partial charge in [-0.3, -0.25) is 4.79 Å². The van der Waals surface area contributed by atoms with Gasteiger partial charge in [-0.2, -0.15) is 11.3 Å². The van der Waals surface area contributed by atoms with E-state index in [1.165, 1.54) is 16.2 Å². The van der Waals surface area contributed by atoms with Crippen LogP contribution in [0.2, 0.25) is 0 Å². The molecule has 0 aliphatic rings. The monoisotopic (exact) mass is 311 g/mol. The van der Waals surface area contributed by atoms with Crippen molar-refractivity contribution in [3.8, 4) is 0 Å². The van der Waals surface area contributed by atoms with Crippen molar-refractivity contribution in [2.75, 3.05) is 18.4 Å². The Morgan fingerprint density at radius 3 is 2.81 bits per heavy atom. The van der Waals surface area contributed by atoms with Gasteiger partial charge in [-0.25, -0.2) is 8.78 Å². The highest BCUT2D eigenvalue weighted by atomic mass is 79.9. The third-order valence-corrected chi connectivity index (χ3v) is 3.09. The minimum Gasteiger partial charge on any atom is -0.336 e. The smallest absolute Gasteiger partial charge is 0.255 e. The molecule has 0 unspecified atom stereocenters. The molecule has 2 nitrogen and oxygen atoms in total. The van der Waals surface area contributed by atoms with Gasteiger partial charge in [0, 0.05) is 11.9 Å². The Labute approximate surface area is 105 Å². The summed E-state index contributed by atoms with van der Waals surface area (Å²) in [4.78, 5) is 12.9. The van der Waals surface area contributed by atoms with Crippen LogP contribution in [0.3, 0.4) is 0 Å². The zero-order valence-electron chi connectivity index (χ0n) is 8.54. The molecule has 0 atom stereocenters. The number of rotatable bonds is 6. The fraction of sp³-hybridized carbons (Fsp3) is 0.500. The van der Waals surface area contributed by atoms with E-state index in [2.05, 4.69) is 15.9 Å². The summed E-state index contributed by atoms with van der Waals surface area (Å²) in [6.07, 6.45) is -2.28. The zero-order valence-corrected chi connectivity index (χ0v) is 10.9. The van der Waals surface area contributed by atoms with Crippen molar-refractivity contribution in [3.63, 3.8) is 0 Å². The number of carbonyl (C=O) groups is 1. The van der Waals surface area contributed by atoms with Gasteiger partial charge in [-0.1, -0.05) is 15.9 Å². The van der Waals surface area contributed by atoms with Crippen molar-refractivity contribution >= 4 is 33.2 Å². The van der Waals surface area contributed by atoms with Gasteiger partial charge >= 0.3 is 0 Å². The molecule has 0 aliphatic carbocycles. The maximum Gasteiger partial charge on any atom is 0.255 e. The average molecular weight is 312 g/mol. The molecule has 0 bridgehead atoms. The third kappa shape index (κ3) is 4.57. The van der Waals surface area contributed by atoms with Crippen molar-refractivity contribution in [1.29, 1.82) is 0 Å². The van der Waals surface area contributed by atoms with E-state index < -0.39 is 13.0 Å². The molecule has 0 fully saturated rings. The molecule has 1 amide bonds. The van der Waals surface area contributed by atoms with E-state index in [1.54, 1.807) is 0 Å². The van der Waals surface area contributed by atoms with Gasteiger partial charge < -0.3 is 4.90 Å². The number of amides is 1. The number of thiophene rings is 1. The summed E-state index contributed by atoms with van der Waals surface area (Å²) in [5.74, 6) is -0.252. The van der Waals surface area contributed by atoms with E-state index in [9.17, 15) is 13.6 Å². The summed E-state index contributed by atoms with van der Waals surface area (Å²) in [6, 6.07) is 1.83. The molecule has 0 saturated carbocycles. The Bertz CT molecular complexity index is 319. The fourth-order valence-electron chi connectivity index (χ4n) is 1.27. The standard InChI is InChI=1S/C10H12BrF2NOS/c11-2-3-14(6-9(12)13)10(15)5-8-1-4-16-7-8/h1,4,7,9H,2-3,5-6H2. The number of hydrogen-bond acceptors (Lipinski definition) is 2. The first-order valence-corrected chi connectivity index (χ1v) is 6.83. The second-order valence-electron chi connectivity index (χ2n) is 3.23. The van der Waals surface area contributed by atoms with Crippen LogP contribution in [0.4, 0.5) is 8.78 Å². The number of carbonyl (C=O) groups excluding carboxylic acids is 1. The van der Waals surface area contributed by atoms with E-state index in [0.29, 0.717) is 11.9 Å². The predicted molar refractivity (Wildman–Crippen MR) is 64.4 cm³/mol. The van der Waals surface area contributed by atoms with Crippen LogP contribution in [0.5, 0.6) is 0 Å². The molecule has 0 aromatic carbocycles. The van der Waals surface area contributed by atoms with Crippen molar-refractivity contribution in [2.24, 2.45) is 0 Å². The van der Waals surface area contributed by atoms with Crippen molar-refractivity contribution in [3.05, 3.63) is 22.4 Å². The summed E-state index contributed by atoms with van der Waals surface area (Å²) in [5.41, 5.74) is 0.879. The van der Waals surface area contributed by atoms with Gasteiger partial charge in [0.2, 0.25) is 5.91 Å². The topological polar surface area (TPSA) is 20.3 Å². The summed E-state index contributed by atoms with van der Waals surface area (Å²) in [7, 11) is 0. The van der Waals surface area contributed by atoms with Crippen LogP contribution in [-0.2, 0) is 11.2 Å². The van der Waals surface area contributed by atoms with Crippen LogP contribution in [0.1, 0.15) is 5.56 Å². The van der Waals surface area contributed by atoms with E-state index >= 15 is 0 Å². The maximum atomic E-state index is 12.2. The maximum absolute atomic E-state index is 12.2. The average Bonchev–Trinajstić information content (AvgIpc) is 2.69. The van der Waals surface area contributed by atoms with E-state index in [1.807, 2.05) is 16.8 Å². The minimum absolute atomic E-state index is 0.198. The molecule has 0 saturated heterocycles. The molecule has 1 aromatic rings. The molecular weight excluding hydrogens is 300 g/mol. The summed E-state index contributed by atoms with van der Waals surface area (Å²) >= 11 is 4.64. The zero-order chi connectivity index (χ0) is 12.0. The lowest BCUT2D eigenvalue weighted by molar-refractivity contribution is -0.132. The number of alkyl halides is 3. The van der Waals surface area contributed by atoms with Crippen LogP contribution in [-0.4, -0.2) is 35.7 Å². The molecular formula is C10H12BrF2NOS. The molecule has 6 heteroatoms. The Kier molecular flexibility index (Phi) is 5.90. The first-order chi connectivity index (χ1) is 7.63. The van der Waals surface area contributed by atoms with Gasteiger partial charge in [0.15, 0.2) is 0 Å². The second-order valence-corrected chi connectivity index (χ2v) is 4.80. The Morgan fingerprint density at radius 2 is 2.31 bits per heavy atom. The fourth-order valence-corrected chi connectivity index (χ4v) is 2.36. The lowest BCUT2D eigenvalue weighted by atomic mass is 10.2. The molecule has 1 heterocycles. The lowest BCUT2D eigenvalue weighted by Crippen LogP contribution is -2.37. The summed E-state index contributed by atoms with van der Waals surface area (Å²) in [6.45, 7) is -0.179. The van der Waals surface area contributed by atoms with E-state index in [0.717, 1.165) is 5.56 Å². The highest BCUT2D eigenvalue weighted by Gasteiger charge is 2.17. The van der Waals surface area contributed by atoms with Crippen LogP contribution in [0.25, 0.3) is 0 Å². The van der Waals surface area contributed by atoms with Gasteiger partial charge in [0.05, 0.1) is 13.0 Å². The molecule has 0 spiro atoms. The molecule has 90 valence electrons. The molecule has 1 aromatic heterocycles. The highest BCUT2D eigenvalue weighted by Crippen LogP contribution is 2.09. The van der Waals surface area contributed by atoms with Crippen molar-refractivity contribution in [1.82, 2.24) is 4.90 Å². The van der Waals surface area contributed by atoms with E-state index in [4.69, 9.17) is 0 Å². The SMILES string of the molecule is O=C(Cc1ccsc1)N(CCBr)CC(F)F. The number of nitrogens with zero attached hydrogens (tertiary/aromatic N) is 1. The molecule has 16 heavy (non-hydrogen) atoms. The Hall–Kier alpha value is -0.490. The van der Waals surface area contributed by atoms with Crippen molar-refractivity contribution < 1.29 is 13.6 Å². The van der Waals surface area contributed by atoms with Gasteiger partial charge in [0.25, 0.3) is 6.43 Å². The number of hydrogen-bond donors (Lipinski definition) is 0. The lowest BCUT2D eigenvalue weighted by Gasteiger charge is -2.21. The van der Waals surface area contributed by atoms with Crippen molar-refractivity contribution in [2.45, 2.75) is 12.8 Å². The van der Waals surface area contributed by atoms with Crippen LogP contribution in [0, 0.1) is 0 Å². The van der Waals surface area contributed by atoms with E-state index in [-0.39, 0.29) is 12.3 Å². The quantitative estimate of drug-likeness (QED) is 0.740. The Morgan fingerprint density at radius 1 is 1.56 bits per heavy atom. The number of halogens is 3. The van der Waals surface area contributed by atoms with Gasteiger partial charge in [0.1, 0.15) is 0 Å². The summed E-state index contributed by atoms with van der Waals surface area (Å²) < 4.78 is 24.5. The molecule has 1 rings (SSSR count). The predicted octanol–water partition coefficient (Wildman–Crippen LogP) is 2.78. The second kappa shape index (κ2) is 6.96. The minimum atomic E-state index is -2.48. The van der Waals surface area contributed by atoms with Gasteiger partial charge in [-0.05, 0) is 22.4 Å². The normalized spacial score (nSPS) is 10.8. The van der Waals surface area contributed by atoms with Crippen LogP contribution < -0.4 is 0 Å². The molecule has 0 aliphatic heterocycles.